The van der Waals surface area contributed by atoms with Gasteiger partial charge in [0.2, 0.25) is 0 Å². The molecular weight excluding hydrogens is 298 g/mol. The number of nitrogens with zero attached hydrogens (tertiary/aromatic N) is 2. The summed E-state index contributed by atoms with van der Waals surface area (Å²) in [6, 6.07) is 10.5. The molecule has 0 bridgehead atoms. The molecule has 7 nitrogen and oxygen atoms in total. The zero-order valence-electron chi connectivity index (χ0n) is 12.4. The van der Waals surface area contributed by atoms with Crippen LogP contribution in [-0.2, 0) is 11.4 Å². The average molecular weight is 313 g/mol. The summed E-state index contributed by atoms with van der Waals surface area (Å²) in [5.41, 5.74) is 6.24. The number of fused-ring (bicyclic) bond motifs is 1. The van der Waals surface area contributed by atoms with Crippen molar-refractivity contribution < 1.29 is 19.3 Å². The van der Waals surface area contributed by atoms with Crippen LogP contribution in [-0.4, -0.2) is 22.5 Å². The molecule has 0 radical (unpaired) electrons. The minimum Gasteiger partial charge on any atom is -0.504 e. The maximum absolute atomic E-state index is 9.77. The molecule has 2 aromatic carbocycles. The molecule has 0 amide bonds. The highest BCUT2D eigenvalue weighted by Crippen LogP contribution is 2.28. The fourth-order valence-corrected chi connectivity index (χ4v) is 2.06. The third kappa shape index (κ3) is 3.24. The van der Waals surface area contributed by atoms with Crippen LogP contribution in [0.3, 0.4) is 0 Å². The zero-order chi connectivity index (χ0) is 16.2. The van der Waals surface area contributed by atoms with Gasteiger partial charge >= 0.3 is 0 Å². The van der Waals surface area contributed by atoms with Gasteiger partial charge in [-0.1, -0.05) is 12.6 Å². The average Bonchev–Trinajstić information content (AvgIpc) is 3.02. The van der Waals surface area contributed by atoms with Crippen LogP contribution in [0.4, 0.5) is 0 Å². The molecule has 118 valence electrons. The van der Waals surface area contributed by atoms with E-state index in [4.69, 9.17) is 9.57 Å². The molecule has 0 aliphatic rings. The van der Waals surface area contributed by atoms with Gasteiger partial charge < -0.3 is 9.84 Å². The van der Waals surface area contributed by atoms with Gasteiger partial charge in [-0.15, -0.1) is 0 Å². The molecular formula is C16H15N3O4. The van der Waals surface area contributed by atoms with Crippen LogP contribution in [0.25, 0.3) is 16.7 Å². The molecule has 0 fully saturated rings. The van der Waals surface area contributed by atoms with Crippen molar-refractivity contribution in [3.63, 3.8) is 0 Å². The summed E-state index contributed by atoms with van der Waals surface area (Å²) in [4.78, 5) is 5.42. The highest BCUT2D eigenvalue weighted by atomic mass is 16.6. The van der Waals surface area contributed by atoms with Crippen molar-refractivity contribution in [1.82, 2.24) is 15.8 Å². The number of ether oxygens (including phenoxy) is 1. The number of benzene rings is 2. The predicted octanol–water partition coefficient (Wildman–Crippen LogP) is 2.63. The number of methoxy groups -OCH3 is 1. The standard InChI is InChI=1S/C16H15N3O4/c1-10(12-4-6-16(21-2)15(20)8-12)17-22-9-11-3-5-13-14(7-11)19-23-18-13/h3-8,17,20H,1,9H2,2H3. The smallest absolute Gasteiger partial charge is 0.160 e. The van der Waals surface area contributed by atoms with Crippen molar-refractivity contribution in [3.8, 4) is 11.5 Å². The maximum atomic E-state index is 9.77. The lowest BCUT2D eigenvalue weighted by Crippen LogP contribution is -2.12. The van der Waals surface area contributed by atoms with E-state index in [0.29, 0.717) is 34.7 Å². The van der Waals surface area contributed by atoms with Gasteiger partial charge in [-0.2, -0.15) is 0 Å². The Hall–Kier alpha value is -3.06. The van der Waals surface area contributed by atoms with E-state index in [1.54, 1.807) is 24.3 Å². The van der Waals surface area contributed by atoms with Crippen molar-refractivity contribution in [1.29, 1.82) is 0 Å². The first kappa shape index (κ1) is 14.9. The Kier molecular flexibility index (Phi) is 4.11. The monoisotopic (exact) mass is 313 g/mol. The molecule has 23 heavy (non-hydrogen) atoms. The summed E-state index contributed by atoms with van der Waals surface area (Å²) in [7, 11) is 1.49. The van der Waals surface area contributed by atoms with Crippen molar-refractivity contribution in [2.45, 2.75) is 6.61 Å². The molecule has 0 aliphatic carbocycles. The summed E-state index contributed by atoms with van der Waals surface area (Å²) in [6.07, 6.45) is 0. The summed E-state index contributed by atoms with van der Waals surface area (Å²) in [5, 5.41) is 17.3. The Morgan fingerprint density at radius 3 is 2.83 bits per heavy atom. The van der Waals surface area contributed by atoms with E-state index in [2.05, 4.69) is 27.0 Å². The molecule has 0 aliphatic heterocycles. The first-order valence-electron chi connectivity index (χ1n) is 6.82. The highest BCUT2D eigenvalue weighted by Gasteiger charge is 2.06. The minimum atomic E-state index is 0.0388. The predicted molar refractivity (Wildman–Crippen MR) is 83.4 cm³/mol. The lowest BCUT2D eigenvalue weighted by atomic mass is 10.1. The Balaban J connectivity index is 1.59. The van der Waals surface area contributed by atoms with E-state index in [1.807, 2.05) is 12.1 Å². The van der Waals surface area contributed by atoms with Gasteiger partial charge in [-0.05, 0) is 46.2 Å². The van der Waals surface area contributed by atoms with Gasteiger partial charge in [0, 0.05) is 5.56 Å². The number of rotatable bonds is 6. The third-order valence-electron chi connectivity index (χ3n) is 3.28. The number of nitrogens with one attached hydrogen (secondary N) is 1. The zero-order valence-corrected chi connectivity index (χ0v) is 12.4. The first-order valence-corrected chi connectivity index (χ1v) is 6.82. The minimum absolute atomic E-state index is 0.0388. The molecule has 0 saturated carbocycles. The van der Waals surface area contributed by atoms with E-state index in [9.17, 15) is 5.11 Å². The second-order valence-corrected chi connectivity index (χ2v) is 4.84. The molecule has 3 rings (SSSR count). The van der Waals surface area contributed by atoms with Crippen LogP contribution in [0.15, 0.2) is 47.6 Å². The Labute approximate surface area is 132 Å². The molecule has 0 saturated heterocycles. The molecule has 1 aromatic heterocycles. The first-order chi connectivity index (χ1) is 11.2. The van der Waals surface area contributed by atoms with E-state index in [0.717, 1.165) is 5.56 Å². The number of hydrogen-bond acceptors (Lipinski definition) is 7. The second-order valence-electron chi connectivity index (χ2n) is 4.84. The molecule has 2 N–H and O–H groups in total. The van der Waals surface area contributed by atoms with E-state index in [1.165, 1.54) is 7.11 Å². The number of hydrogen-bond donors (Lipinski definition) is 2. The quantitative estimate of drug-likeness (QED) is 0.676. The summed E-state index contributed by atoms with van der Waals surface area (Å²) < 4.78 is 9.64. The second kappa shape index (κ2) is 6.37. The van der Waals surface area contributed by atoms with Crippen LogP contribution in [0.5, 0.6) is 11.5 Å². The Morgan fingerprint density at radius 1 is 1.22 bits per heavy atom. The fourth-order valence-electron chi connectivity index (χ4n) is 2.06. The molecule has 7 heteroatoms. The van der Waals surface area contributed by atoms with Crippen molar-refractivity contribution in [2.24, 2.45) is 0 Å². The van der Waals surface area contributed by atoms with Crippen molar-refractivity contribution in [3.05, 3.63) is 54.1 Å². The molecule has 3 aromatic rings. The van der Waals surface area contributed by atoms with Crippen LogP contribution >= 0.6 is 0 Å². The molecule has 0 unspecified atom stereocenters. The van der Waals surface area contributed by atoms with Crippen LogP contribution < -0.4 is 10.2 Å². The summed E-state index contributed by atoms with van der Waals surface area (Å²) in [6.45, 7) is 4.18. The molecule has 1 heterocycles. The van der Waals surface area contributed by atoms with Gasteiger partial charge in [0.05, 0.1) is 19.4 Å². The van der Waals surface area contributed by atoms with Gasteiger partial charge in [0.15, 0.2) is 11.5 Å². The van der Waals surface area contributed by atoms with Crippen molar-refractivity contribution >= 4 is 16.7 Å². The van der Waals surface area contributed by atoms with E-state index < -0.39 is 0 Å². The summed E-state index contributed by atoms with van der Waals surface area (Å²) >= 11 is 0. The lowest BCUT2D eigenvalue weighted by molar-refractivity contribution is 0.0648. The van der Waals surface area contributed by atoms with Crippen LogP contribution in [0.2, 0.25) is 0 Å². The van der Waals surface area contributed by atoms with E-state index >= 15 is 0 Å². The van der Waals surface area contributed by atoms with Gasteiger partial charge in [-0.25, -0.2) is 4.63 Å². The normalized spacial score (nSPS) is 10.7. The van der Waals surface area contributed by atoms with Crippen LogP contribution in [0, 0.1) is 0 Å². The maximum Gasteiger partial charge on any atom is 0.160 e. The Morgan fingerprint density at radius 2 is 2.04 bits per heavy atom. The highest BCUT2D eigenvalue weighted by molar-refractivity contribution is 5.73. The number of phenolic OH excluding ortho intramolecular Hbond substituents is 1. The summed E-state index contributed by atoms with van der Waals surface area (Å²) in [5.74, 6) is 0.439. The number of hydroxylamine groups is 1. The SMILES string of the molecule is C=C(NOCc1ccc2nonc2c1)c1ccc(OC)c(O)c1. The topological polar surface area (TPSA) is 89.6 Å². The van der Waals surface area contributed by atoms with Crippen molar-refractivity contribution in [2.75, 3.05) is 7.11 Å². The number of aromatic nitrogens is 2. The number of aromatic hydroxyl groups is 1. The van der Waals surface area contributed by atoms with Crippen LogP contribution in [0.1, 0.15) is 11.1 Å². The van der Waals surface area contributed by atoms with Gasteiger partial charge in [0.25, 0.3) is 0 Å². The third-order valence-corrected chi connectivity index (χ3v) is 3.28. The molecule has 0 spiro atoms. The Bertz CT molecular complexity index is 844. The van der Waals surface area contributed by atoms with E-state index in [-0.39, 0.29) is 5.75 Å². The fraction of sp³-hybridized carbons (Fsp3) is 0.125. The van der Waals surface area contributed by atoms with Gasteiger partial charge in [-0.3, -0.25) is 10.3 Å². The van der Waals surface area contributed by atoms with Gasteiger partial charge in [0.1, 0.15) is 11.0 Å². The number of phenols is 1. The largest absolute Gasteiger partial charge is 0.504 e. The lowest BCUT2D eigenvalue weighted by Gasteiger charge is -2.11. The molecule has 0 atom stereocenters.